The minimum atomic E-state index is -0.0764. The number of hydrogen-bond donors (Lipinski definition) is 0. The predicted molar refractivity (Wildman–Crippen MR) is 79.3 cm³/mol. The molecule has 1 aromatic carbocycles. The molecule has 0 aliphatic carbocycles. The van der Waals surface area contributed by atoms with Gasteiger partial charge in [-0.25, -0.2) is 0 Å². The monoisotopic (exact) mass is 343 g/mol. The summed E-state index contributed by atoms with van der Waals surface area (Å²) < 4.78 is 0.846. The van der Waals surface area contributed by atoms with Crippen LogP contribution in [0.4, 0.5) is 0 Å². The summed E-state index contributed by atoms with van der Waals surface area (Å²) in [5.74, 6) is -0.0764. The van der Waals surface area contributed by atoms with E-state index in [1.165, 1.54) is 0 Å². The van der Waals surface area contributed by atoms with Crippen LogP contribution in [0.3, 0.4) is 0 Å². The number of thiophene rings is 1. The lowest BCUT2D eigenvalue weighted by molar-refractivity contribution is 0.0785. The minimum Gasteiger partial charge on any atom is -0.337 e. The van der Waals surface area contributed by atoms with Crippen LogP contribution in [0.1, 0.15) is 15.9 Å². The third-order valence-electron chi connectivity index (χ3n) is 2.51. The molecular weight excluding hydrogens is 334 g/mol. The van der Waals surface area contributed by atoms with E-state index in [0.717, 1.165) is 10.0 Å². The number of rotatable bonds is 3. The molecule has 0 bridgehead atoms. The van der Waals surface area contributed by atoms with Crippen molar-refractivity contribution in [2.75, 3.05) is 7.05 Å². The molecular formula is C13H11BrClNOS. The second kappa shape index (κ2) is 5.87. The summed E-state index contributed by atoms with van der Waals surface area (Å²) in [6, 6.07) is 7.29. The fourth-order valence-electron chi connectivity index (χ4n) is 1.60. The first-order chi connectivity index (χ1) is 8.58. The Bertz CT molecular complexity index is 556. The van der Waals surface area contributed by atoms with Gasteiger partial charge in [0.1, 0.15) is 0 Å². The van der Waals surface area contributed by atoms with Gasteiger partial charge in [-0.2, -0.15) is 11.3 Å². The molecule has 1 aromatic heterocycles. The Balaban J connectivity index is 2.17. The van der Waals surface area contributed by atoms with E-state index in [1.54, 1.807) is 35.4 Å². The van der Waals surface area contributed by atoms with Crippen LogP contribution in [0.2, 0.25) is 5.02 Å². The number of hydrogen-bond acceptors (Lipinski definition) is 2. The van der Waals surface area contributed by atoms with E-state index in [1.807, 2.05) is 22.9 Å². The fourth-order valence-corrected chi connectivity index (χ4v) is 2.81. The van der Waals surface area contributed by atoms with Gasteiger partial charge in [0, 0.05) is 18.1 Å². The van der Waals surface area contributed by atoms with Crippen LogP contribution in [-0.2, 0) is 6.54 Å². The number of benzene rings is 1. The standard InChI is InChI=1S/C13H11BrClNOS/c1-16(7-9-4-5-18-8-9)13(17)11-6-10(14)2-3-12(11)15/h2-6,8H,7H2,1H3. The summed E-state index contributed by atoms with van der Waals surface area (Å²) in [5.41, 5.74) is 1.64. The van der Waals surface area contributed by atoms with Gasteiger partial charge < -0.3 is 4.90 Å². The highest BCUT2D eigenvalue weighted by Gasteiger charge is 2.15. The van der Waals surface area contributed by atoms with Gasteiger partial charge in [0.2, 0.25) is 0 Å². The first kappa shape index (κ1) is 13.6. The van der Waals surface area contributed by atoms with Crippen molar-refractivity contribution in [2.24, 2.45) is 0 Å². The highest BCUT2D eigenvalue weighted by Crippen LogP contribution is 2.22. The van der Waals surface area contributed by atoms with Crippen molar-refractivity contribution < 1.29 is 4.79 Å². The third kappa shape index (κ3) is 3.13. The van der Waals surface area contributed by atoms with Gasteiger partial charge in [0.15, 0.2) is 0 Å². The maximum Gasteiger partial charge on any atom is 0.255 e. The van der Waals surface area contributed by atoms with Crippen LogP contribution in [0.5, 0.6) is 0 Å². The summed E-state index contributed by atoms with van der Waals surface area (Å²) in [6.45, 7) is 0.588. The molecule has 18 heavy (non-hydrogen) atoms. The fraction of sp³-hybridized carbons (Fsp3) is 0.154. The highest BCUT2D eigenvalue weighted by molar-refractivity contribution is 9.10. The molecule has 0 aliphatic rings. The number of amides is 1. The summed E-state index contributed by atoms with van der Waals surface area (Å²) in [5, 5.41) is 4.51. The SMILES string of the molecule is CN(Cc1ccsc1)C(=O)c1cc(Br)ccc1Cl. The lowest BCUT2D eigenvalue weighted by Crippen LogP contribution is -2.26. The van der Waals surface area contributed by atoms with Gasteiger partial charge in [-0.1, -0.05) is 27.5 Å². The molecule has 0 spiro atoms. The van der Waals surface area contributed by atoms with Crippen molar-refractivity contribution in [3.63, 3.8) is 0 Å². The van der Waals surface area contributed by atoms with E-state index < -0.39 is 0 Å². The lowest BCUT2D eigenvalue weighted by Gasteiger charge is -2.17. The Morgan fingerprint density at radius 3 is 2.89 bits per heavy atom. The molecule has 2 rings (SSSR count). The smallest absolute Gasteiger partial charge is 0.255 e. The van der Waals surface area contributed by atoms with Crippen molar-refractivity contribution in [3.8, 4) is 0 Å². The zero-order valence-corrected chi connectivity index (χ0v) is 12.8. The summed E-state index contributed by atoms with van der Waals surface area (Å²) >= 11 is 11.0. The first-order valence-corrected chi connectivity index (χ1v) is 7.41. The number of carbonyl (C=O) groups is 1. The Morgan fingerprint density at radius 2 is 2.22 bits per heavy atom. The molecule has 0 saturated heterocycles. The van der Waals surface area contributed by atoms with E-state index in [-0.39, 0.29) is 5.91 Å². The zero-order valence-electron chi connectivity index (χ0n) is 9.69. The summed E-state index contributed by atoms with van der Waals surface area (Å²) in [7, 11) is 1.78. The van der Waals surface area contributed by atoms with E-state index in [9.17, 15) is 4.79 Å². The molecule has 94 valence electrons. The second-order valence-electron chi connectivity index (χ2n) is 3.92. The summed E-state index contributed by atoms with van der Waals surface area (Å²) in [4.78, 5) is 13.9. The van der Waals surface area contributed by atoms with Crippen molar-refractivity contribution in [1.29, 1.82) is 0 Å². The second-order valence-corrected chi connectivity index (χ2v) is 6.02. The van der Waals surface area contributed by atoms with Crippen LogP contribution < -0.4 is 0 Å². The number of carbonyl (C=O) groups excluding carboxylic acids is 1. The lowest BCUT2D eigenvalue weighted by atomic mass is 10.2. The van der Waals surface area contributed by atoms with Crippen LogP contribution in [0.15, 0.2) is 39.5 Å². The zero-order chi connectivity index (χ0) is 13.1. The minimum absolute atomic E-state index is 0.0764. The van der Waals surface area contributed by atoms with Crippen molar-refractivity contribution in [2.45, 2.75) is 6.54 Å². The largest absolute Gasteiger partial charge is 0.337 e. The molecule has 0 unspecified atom stereocenters. The Labute approximate surface area is 123 Å². The average Bonchev–Trinajstić information content (AvgIpc) is 2.84. The quantitative estimate of drug-likeness (QED) is 0.806. The molecule has 0 aliphatic heterocycles. The Hall–Kier alpha value is -0.840. The molecule has 5 heteroatoms. The molecule has 1 amide bonds. The number of nitrogens with zero attached hydrogens (tertiary/aromatic N) is 1. The van der Waals surface area contributed by atoms with Gasteiger partial charge in [-0.15, -0.1) is 0 Å². The Kier molecular flexibility index (Phi) is 4.43. The number of halogens is 2. The van der Waals surface area contributed by atoms with Gasteiger partial charge >= 0.3 is 0 Å². The van der Waals surface area contributed by atoms with E-state index in [2.05, 4.69) is 15.9 Å². The maximum atomic E-state index is 12.3. The van der Waals surface area contributed by atoms with Crippen LogP contribution in [-0.4, -0.2) is 17.9 Å². The van der Waals surface area contributed by atoms with Crippen LogP contribution in [0, 0.1) is 0 Å². The maximum absolute atomic E-state index is 12.3. The van der Waals surface area contributed by atoms with Crippen molar-refractivity contribution in [3.05, 3.63) is 55.6 Å². The molecule has 0 saturated carbocycles. The Morgan fingerprint density at radius 1 is 1.44 bits per heavy atom. The molecule has 0 radical (unpaired) electrons. The third-order valence-corrected chi connectivity index (χ3v) is 4.06. The first-order valence-electron chi connectivity index (χ1n) is 5.29. The topological polar surface area (TPSA) is 20.3 Å². The van der Waals surface area contributed by atoms with Crippen molar-refractivity contribution >= 4 is 44.8 Å². The van der Waals surface area contributed by atoms with Crippen LogP contribution in [0.25, 0.3) is 0 Å². The van der Waals surface area contributed by atoms with Gasteiger partial charge in [0.25, 0.3) is 5.91 Å². The summed E-state index contributed by atoms with van der Waals surface area (Å²) in [6.07, 6.45) is 0. The van der Waals surface area contributed by atoms with Crippen LogP contribution >= 0.6 is 38.9 Å². The molecule has 1 heterocycles. The molecule has 0 fully saturated rings. The van der Waals surface area contributed by atoms with E-state index in [0.29, 0.717) is 17.1 Å². The van der Waals surface area contributed by atoms with Gasteiger partial charge in [0.05, 0.1) is 10.6 Å². The predicted octanol–water partition coefficient (Wildman–Crippen LogP) is 4.44. The average molecular weight is 345 g/mol. The normalized spacial score (nSPS) is 10.4. The van der Waals surface area contributed by atoms with E-state index in [4.69, 9.17) is 11.6 Å². The van der Waals surface area contributed by atoms with Gasteiger partial charge in [-0.05, 0) is 40.6 Å². The molecule has 2 aromatic rings. The molecule has 0 N–H and O–H groups in total. The van der Waals surface area contributed by atoms with Gasteiger partial charge in [-0.3, -0.25) is 4.79 Å². The van der Waals surface area contributed by atoms with E-state index >= 15 is 0 Å². The molecule has 2 nitrogen and oxygen atoms in total. The van der Waals surface area contributed by atoms with Crippen molar-refractivity contribution in [1.82, 2.24) is 4.90 Å². The highest BCUT2D eigenvalue weighted by atomic mass is 79.9. The molecule has 0 atom stereocenters.